The number of nitrogens with zero attached hydrogens (tertiary/aromatic N) is 4. The Morgan fingerprint density at radius 2 is 2.13 bits per heavy atom. The van der Waals surface area contributed by atoms with Gasteiger partial charge in [-0.25, -0.2) is 8.42 Å². The lowest BCUT2D eigenvalue weighted by Gasteiger charge is -2.36. The van der Waals surface area contributed by atoms with Crippen LogP contribution in [-0.4, -0.2) is 65.2 Å². The van der Waals surface area contributed by atoms with Crippen molar-refractivity contribution in [1.29, 1.82) is 0 Å². The Morgan fingerprint density at radius 3 is 2.78 bits per heavy atom. The predicted octanol–water partition coefficient (Wildman–Crippen LogP) is 0.809. The molecule has 0 aromatic carbocycles. The number of piperidine rings is 1. The van der Waals surface area contributed by atoms with Gasteiger partial charge < -0.3 is 4.90 Å². The monoisotopic (exact) mass is 360 g/mol. The molecular weight excluding hydrogens is 340 g/mol. The van der Waals surface area contributed by atoms with Crippen LogP contribution in [0.5, 0.6) is 0 Å². The van der Waals surface area contributed by atoms with Gasteiger partial charge in [-0.2, -0.15) is 9.40 Å². The van der Waals surface area contributed by atoms with Crippen LogP contribution in [0.4, 0.5) is 0 Å². The Hall–Kier alpha value is -1.12. The molecule has 0 radical (unpaired) electrons. The third-order valence-electron chi connectivity index (χ3n) is 4.63. The number of aryl methyl sites for hydroxylation is 1. The molecule has 1 amide bonds. The van der Waals surface area contributed by atoms with Gasteiger partial charge in [-0.3, -0.25) is 9.48 Å². The van der Waals surface area contributed by atoms with Gasteiger partial charge in [0.1, 0.15) is 0 Å². The van der Waals surface area contributed by atoms with Crippen molar-refractivity contribution in [2.24, 2.45) is 5.92 Å². The van der Waals surface area contributed by atoms with Crippen molar-refractivity contribution in [1.82, 2.24) is 19.0 Å². The van der Waals surface area contributed by atoms with Crippen molar-refractivity contribution in [2.75, 3.05) is 25.9 Å². The van der Waals surface area contributed by atoms with E-state index in [9.17, 15) is 13.2 Å². The lowest BCUT2D eigenvalue weighted by molar-refractivity contribution is -0.135. The van der Waals surface area contributed by atoms with Crippen molar-refractivity contribution in [2.45, 2.75) is 31.8 Å². The second-order valence-corrected chi connectivity index (χ2v) is 8.81. The zero-order chi connectivity index (χ0) is 16.6. The maximum atomic E-state index is 12.6. The minimum atomic E-state index is -3.21. The van der Waals surface area contributed by atoms with Crippen LogP contribution >= 0.6 is 11.6 Å². The van der Waals surface area contributed by atoms with Gasteiger partial charge in [-0.05, 0) is 18.8 Å². The summed E-state index contributed by atoms with van der Waals surface area (Å²) in [5.74, 6) is 0.285. The molecule has 2 atom stereocenters. The number of rotatable bonds is 4. The molecule has 0 aliphatic carbocycles. The highest BCUT2D eigenvalue weighted by molar-refractivity contribution is 7.88. The minimum absolute atomic E-state index is 0.0165. The molecule has 0 N–H and O–H groups in total. The number of carbonyl (C=O) groups is 1. The molecule has 3 aliphatic heterocycles. The van der Waals surface area contributed by atoms with E-state index >= 15 is 0 Å². The van der Waals surface area contributed by atoms with E-state index in [1.165, 1.54) is 10.6 Å². The number of sulfonamides is 1. The van der Waals surface area contributed by atoms with Crippen molar-refractivity contribution in [3.05, 3.63) is 17.4 Å². The molecule has 128 valence electrons. The molecule has 4 heterocycles. The van der Waals surface area contributed by atoms with E-state index in [1.807, 2.05) is 4.90 Å². The van der Waals surface area contributed by atoms with Crippen molar-refractivity contribution in [3.63, 3.8) is 0 Å². The van der Waals surface area contributed by atoms with Gasteiger partial charge in [0.25, 0.3) is 0 Å². The largest absolute Gasteiger partial charge is 0.338 e. The van der Waals surface area contributed by atoms with Crippen LogP contribution in [0.1, 0.15) is 19.3 Å². The fraction of sp³-hybridized carbons (Fsp3) is 0.714. The Morgan fingerprint density at radius 1 is 1.35 bits per heavy atom. The zero-order valence-corrected chi connectivity index (χ0v) is 14.6. The maximum Gasteiger partial charge on any atom is 0.224 e. The van der Waals surface area contributed by atoms with E-state index in [-0.39, 0.29) is 17.9 Å². The second kappa shape index (κ2) is 6.41. The van der Waals surface area contributed by atoms with E-state index in [0.717, 1.165) is 12.8 Å². The molecule has 7 nitrogen and oxygen atoms in total. The van der Waals surface area contributed by atoms with Crippen LogP contribution in [-0.2, 0) is 21.4 Å². The molecule has 23 heavy (non-hydrogen) atoms. The molecule has 0 spiro atoms. The normalized spacial score (nSPS) is 25.6. The van der Waals surface area contributed by atoms with Gasteiger partial charge in [-0.15, -0.1) is 0 Å². The number of aromatic nitrogens is 2. The van der Waals surface area contributed by atoms with Gasteiger partial charge in [-0.1, -0.05) is 11.6 Å². The van der Waals surface area contributed by atoms with E-state index in [1.54, 1.807) is 17.1 Å². The third-order valence-corrected chi connectivity index (χ3v) is 6.06. The Kier molecular flexibility index (Phi) is 4.66. The minimum Gasteiger partial charge on any atom is -0.338 e. The first-order chi connectivity index (χ1) is 10.8. The summed E-state index contributed by atoms with van der Waals surface area (Å²) in [7, 11) is -3.21. The lowest BCUT2D eigenvalue weighted by atomic mass is 9.95. The molecule has 3 saturated heterocycles. The van der Waals surface area contributed by atoms with Crippen LogP contribution in [0.3, 0.4) is 0 Å². The molecule has 1 aromatic rings. The van der Waals surface area contributed by atoms with Gasteiger partial charge in [0.05, 0.1) is 17.5 Å². The van der Waals surface area contributed by atoms with Crippen molar-refractivity contribution in [3.8, 4) is 0 Å². The molecule has 4 rings (SSSR count). The highest BCUT2D eigenvalue weighted by atomic mass is 35.5. The van der Waals surface area contributed by atoms with Crippen LogP contribution < -0.4 is 0 Å². The standard InChI is InChI=1S/C14H21ClN4O3S/c1-23(21,22)18-7-11-2-3-13(10-18)19(8-11)14(20)4-5-17-9-12(15)6-16-17/h6,9,11,13H,2-5,7-8,10H2,1H3/t11-,13+/m1/s1. The third kappa shape index (κ3) is 3.87. The summed E-state index contributed by atoms with van der Waals surface area (Å²) in [5.41, 5.74) is 0. The molecule has 3 fully saturated rings. The van der Waals surface area contributed by atoms with E-state index in [2.05, 4.69) is 5.10 Å². The topological polar surface area (TPSA) is 75.5 Å². The molecule has 0 saturated carbocycles. The smallest absolute Gasteiger partial charge is 0.224 e. The van der Waals surface area contributed by atoms with Crippen LogP contribution in [0.2, 0.25) is 5.02 Å². The van der Waals surface area contributed by atoms with Gasteiger partial charge in [0.2, 0.25) is 15.9 Å². The summed E-state index contributed by atoms with van der Waals surface area (Å²) >= 11 is 5.82. The first-order valence-electron chi connectivity index (χ1n) is 7.75. The predicted molar refractivity (Wildman–Crippen MR) is 86.5 cm³/mol. The Balaban J connectivity index is 1.65. The molecule has 2 bridgehead atoms. The summed E-state index contributed by atoms with van der Waals surface area (Å²) in [4.78, 5) is 14.4. The van der Waals surface area contributed by atoms with Gasteiger partial charge >= 0.3 is 0 Å². The summed E-state index contributed by atoms with van der Waals surface area (Å²) in [6.45, 7) is 2.06. The molecule has 0 unspecified atom stereocenters. The first-order valence-corrected chi connectivity index (χ1v) is 9.98. The SMILES string of the molecule is CS(=O)(=O)N1C[C@H]2CC[C@@H](C1)N(C(=O)CCn1cc(Cl)cn1)C2. The van der Waals surface area contributed by atoms with Crippen LogP contribution in [0, 0.1) is 5.92 Å². The van der Waals surface area contributed by atoms with Crippen LogP contribution in [0.15, 0.2) is 12.4 Å². The average Bonchev–Trinajstić information content (AvgIpc) is 2.71. The fourth-order valence-electron chi connectivity index (χ4n) is 3.43. The molecule has 9 heteroatoms. The summed E-state index contributed by atoms with van der Waals surface area (Å²) < 4.78 is 26.9. The number of hydrogen-bond acceptors (Lipinski definition) is 4. The quantitative estimate of drug-likeness (QED) is 0.796. The van der Waals surface area contributed by atoms with Crippen LogP contribution in [0.25, 0.3) is 0 Å². The van der Waals surface area contributed by atoms with Crippen molar-refractivity contribution >= 4 is 27.5 Å². The number of amides is 1. The Bertz CT molecular complexity index is 690. The zero-order valence-electron chi connectivity index (χ0n) is 13.1. The van der Waals surface area contributed by atoms with Gasteiger partial charge in [0, 0.05) is 44.8 Å². The average molecular weight is 361 g/mol. The maximum absolute atomic E-state index is 12.6. The molecule has 3 aliphatic rings. The number of fused-ring (bicyclic) bond motifs is 4. The summed E-state index contributed by atoms with van der Waals surface area (Å²) in [6.07, 6.45) is 6.68. The number of halogens is 1. The first kappa shape index (κ1) is 16.7. The summed E-state index contributed by atoms with van der Waals surface area (Å²) in [6, 6.07) is -0.0165. The second-order valence-electron chi connectivity index (χ2n) is 6.39. The molecular formula is C14H21ClN4O3S. The van der Waals surface area contributed by atoms with E-state index < -0.39 is 10.0 Å². The Labute approximate surface area is 141 Å². The van der Waals surface area contributed by atoms with Gasteiger partial charge in [0.15, 0.2) is 0 Å². The highest BCUT2D eigenvalue weighted by Crippen LogP contribution is 2.29. The number of hydrogen-bond donors (Lipinski definition) is 0. The van der Waals surface area contributed by atoms with E-state index in [0.29, 0.717) is 37.6 Å². The fourth-order valence-corrected chi connectivity index (χ4v) is 4.51. The molecule has 1 aromatic heterocycles. The van der Waals surface area contributed by atoms with Crippen molar-refractivity contribution < 1.29 is 13.2 Å². The number of carbonyl (C=O) groups excluding carboxylic acids is 1. The van der Waals surface area contributed by atoms with E-state index in [4.69, 9.17) is 11.6 Å². The lowest BCUT2D eigenvalue weighted by Crippen LogP contribution is -2.47. The summed E-state index contributed by atoms with van der Waals surface area (Å²) in [5, 5.41) is 4.62. The highest BCUT2D eigenvalue weighted by Gasteiger charge is 2.39.